The van der Waals surface area contributed by atoms with E-state index in [9.17, 15) is 18.8 Å². The second kappa shape index (κ2) is 6.93. The number of carbonyl (C=O) groups excluding carboxylic acids is 2. The Morgan fingerprint density at radius 1 is 1.17 bits per heavy atom. The summed E-state index contributed by atoms with van der Waals surface area (Å²) in [5.74, 6) is -3.13. The minimum absolute atomic E-state index is 0.0250. The second-order valence-corrected chi connectivity index (χ2v) is 7.14. The molecule has 2 aromatic rings. The van der Waals surface area contributed by atoms with E-state index in [1.807, 2.05) is 0 Å². The van der Waals surface area contributed by atoms with Gasteiger partial charge in [-0.05, 0) is 36.8 Å². The fourth-order valence-electron chi connectivity index (χ4n) is 3.61. The van der Waals surface area contributed by atoms with E-state index < -0.39 is 29.1 Å². The summed E-state index contributed by atoms with van der Waals surface area (Å²) in [6.07, 6.45) is 4.70. The Bertz CT molecular complexity index is 1080. The first kappa shape index (κ1) is 19.0. The van der Waals surface area contributed by atoms with Crippen molar-refractivity contribution < 1.29 is 23.9 Å². The number of carboxylic acids is 1. The average molecular weight is 413 g/mol. The van der Waals surface area contributed by atoms with Gasteiger partial charge in [0.2, 0.25) is 0 Å². The molecule has 0 fully saturated rings. The van der Waals surface area contributed by atoms with E-state index in [4.69, 9.17) is 16.7 Å². The van der Waals surface area contributed by atoms with Gasteiger partial charge in [0.1, 0.15) is 11.4 Å². The van der Waals surface area contributed by atoms with Gasteiger partial charge in [-0.25, -0.2) is 9.29 Å². The van der Waals surface area contributed by atoms with Crippen molar-refractivity contribution >= 4 is 41.3 Å². The van der Waals surface area contributed by atoms with E-state index >= 15 is 0 Å². The van der Waals surface area contributed by atoms with Crippen LogP contribution in [-0.4, -0.2) is 29.1 Å². The Morgan fingerprint density at radius 3 is 2.38 bits per heavy atom. The van der Waals surface area contributed by atoms with Crippen LogP contribution in [0.4, 0.5) is 10.1 Å². The number of hydrogen-bond donors (Lipinski definition) is 1. The summed E-state index contributed by atoms with van der Waals surface area (Å²) < 4.78 is 14.8. The first-order chi connectivity index (χ1) is 13.8. The van der Waals surface area contributed by atoms with Crippen LogP contribution < -0.4 is 4.90 Å². The second-order valence-electron chi connectivity index (χ2n) is 6.73. The smallest absolute Gasteiger partial charge is 0.303 e. The zero-order chi connectivity index (χ0) is 20.8. The number of aliphatic imine (C=N–C) groups is 1. The van der Waals surface area contributed by atoms with Gasteiger partial charge in [-0.1, -0.05) is 29.8 Å². The molecule has 0 aromatic heterocycles. The Hall–Kier alpha value is -3.32. The number of aliphatic carboxylic acids is 1. The van der Waals surface area contributed by atoms with Crippen molar-refractivity contribution in [2.75, 3.05) is 4.90 Å². The van der Waals surface area contributed by atoms with Crippen LogP contribution in [-0.2, 0) is 10.3 Å². The maximum absolute atomic E-state index is 14.8. The van der Waals surface area contributed by atoms with Crippen LogP contribution in [0.3, 0.4) is 0 Å². The van der Waals surface area contributed by atoms with Crippen molar-refractivity contribution in [3.8, 4) is 0 Å². The molecule has 2 aromatic carbocycles. The molecule has 0 radical (unpaired) electrons. The Balaban J connectivity index is 1.83. The highest BCUT2D eigenvalue weighted by Gasteiger charge is 2.40. The summed E-state index contributed by atoms with van der Waals surface area (Å²) in [6.45, 7) is 0. The Kier molecular flexibility index (Phi) is 4.55. The van der Waals surface area contributed by atoms with E-state index in [0.717, 1.165) is 11.0 Å². The number of amides is 2. The fourth-order valence-corrected chi connectivity index (χ4v) is 3.92. The first-order valence-electron chi connectivity index (χ1n) is 8.76. The number of carboxylic acid groups (broad SMARTS) is 1. The topological polar surface area (TPSA) is 87.0 Å². The van der Waals surface area contributed by atoms with E-state index in [1.165, 1.54) is 24.4 Å². The number of rotatable bonds is 5. The lowest BCUT2D eigenvalue weighted by atomic mass is 9.86. The fraction of sp³-hybridized carbons (Fsp3) is 0.143. The molecule has 2 aliphatic heterocycles. The normalized spacial score (nSPS) is 19.9. The lowest BCUT2D eigenvalue weighted by Gasteiger charge is -2.27. The summed E-state index contributed by atoms with van der Waals surface area (Å²) in [4.78, 5) is 41.7. The molecule has 4 rings (SSSR count). The van der Waals surface area contributed by atoms with Crippen LogP contribution in [0, 0.1) is 5.82 Å². The number of fused-ring (bicyclic) bond motifs is 1. The molecule has 0 spiro atoms. The first-order valence-corrected chi connectivity index (χ1v) is 9.14. The van der Waals surface area contributed by atoms with Crippen molar-refractivity contribution in [2.24, 2.45) is 4.99 Å². The number of benzene rings is 2. The molecule has 2 heterocycles. The summed E-state index contributed by atoms with van der Waals surface area (Å²) in [7, 11) is 0. The number of halogens is 2. The van der Waals surface area contributed by atoms with Crippen LogP contribution in [0.1, 0.15) is 39.1 Å². The van der Waals surface area contributed by atoms with Gasteiger partial charge in [0.05, 0.1) is 16.8 Å². The van der Waals surface area contributed by atoms with Crippen molar-refractivity contribution in [3.05, 3.63) is 76.1 Å². The van der Waals surface area contributed by atoms with E-state index in [1.54, 1.807) is 24.3 Å². The number of allylic oxidation sites excluding steroid dienone is 1. The van der Waals surface area contributed by atoms with Gasteiger partial charge in [-0.2, -0.15) is 0 Å². The van der Waals surface area contributed by atoms with Gasteiger partial charge in [-0.15, -0.1) is 0 Å². The largest absolute Gasteiger partial charge is 0.481 e. The lowest BCUT2D eigenvalue weighted by Crippen LogP contribution is -2.31. The van der Waals surface area contributed by atoms with E-state index in [-0.39, 0.29) is 34.7 Å². The van der Waals surface area contributed by atoms with Crippen molar-refractivity contribution in [1.82, 2.24) is 0 Å². The molecule has 29 heavy (non-hydrogen) atoms. The Labute approximate surface area is 169 Å². The van der Waals surface area contributed by atoms with Gasteiger partial charge in [0.15, 0.2) is 0 Å². The maximum Gasteiger partial charge on any atom is 0.303 e. The third kappa shape index (κ3) is 3.03. The summed E-state index contributed by atoms with van der Waals surface area (Å²) in [6, 6.07) is 8.56. The molecule has 0 saturated heterocycles. The van der Waals surface area contributed by atoms with Gasteiger partial charge < -0.3 is 5.11 Å². The molecule has 2 aliphatic rings. The van der Waals surface area contributed by atoms with Crippen LogP contribution in [0.25, 0.3) is 0 Å². The van der Waals surface area contributed by atoms with E-state index in [2.05, 4.69) is 4.99 Å². The maximum atomic E-state index is 14.8. The minimum Gasteiger partial charge on any atom is -0.481 e. The van der Waals surface area contributed by atoms with Crippen LogP contribution >= 0.6 is 11.6 Å². The highest BCUT2D eigenvalue weighted by atomic mass is 35.5. The summed E-state index contributed by atoms with van der Waals surface area (Å²) in [5, 5.41) is 9.10. The molecule has 1 unspecified atom stereocenters. The average Bonchev–Trinajstić information content (AvgIpc) is 3.26. The highest BCUT2D eigenvalue weighted by Crippen LogP contribution is 2.42. The van der Waals surface area contributed by atoms with Gasteiger partial charge in [0.25, 0.3) is 11.8 Å². The molecular weight excluding hydrogens is 399 g/mol. The number of anilines is 1. The molecule has 8 heteroatoms. The van der Waals surface area contributed by atoms with Gasteiger partial charge >= 0.3 is 5.97 Å². The molecule has 2 amide bonds. The number of nitrogens with zero attached hydrogens (tertiary/aromatic N) is 2. The van der Waals surface area contributed by atoms with Crippen LogP contribution in [0.5, 0.6) is 0 Å². The molecule has 0 saturated carbocycles. The van der Waals surface area contributed by atoms with Gasteiger partial charge in [0, 0.05) is 23.2 Å². The molecule has 6 nitrogen and oxygen atoms in total. The quantitative estimate of drug-likeness (QED) is 0.752. The minimum atomic E-state index is -1.11. The molecule has 0 bridgehead atoms. The molecule has 1 N–H and O–H groups in total. The predicted octanol–water partition coefficient (Wildman–Crippen LogP) is 3.98. The van der Waals surface area contributed by atoms with Gasteiger partial charge in [-0.3, -0.25) is 19.4 Å². The van der Waals surface area contributed by atoms with Crippen LogP contribution in [0.15, 0.2) is 53.5 Å². The molecule has 1 atom stereocenters. The summed E-state index contributed by atoms with van der Waals surface area (Å²) in [5.41, 5.74) is -0.670. The predicted molar refractivity (Wildman–Crippen MR) is 105 cm³/mol. The SMILES string of the molecule is O=C(O)CCC1(c2cc(N3C(=O)c4ccccc4C3=O)c(F)cc2Cl)C=CC=N1. The number of hydrogen-bond acceptors (Lipinski definition) is 4. The van der Waals surface area contributed by atoms with E-state index in [0.29, 0.717) is 5.56 Å². The lowest BCUT2D eigenvalue weighted by molar-refractivity contribution is -0.137. The van der Waals surface area contributed by atoms with Crippen molar-refractivity contribution in [3.63, 3.8) is 0 Å². The zero-order valence-electron chi connectivity index (χ0n) is 14.9. The van der Waals surface area contributed by atoms with Crippen molar-refractivity contribution in [2.45, 2.75) is 18.4 Å². The molecule has 146 valence electrons. The zero-order valence-corrected chi connectivity index (χ0v) is 15.7. The van der Waals surface area contributed by atoms with Crippen molar-refractivity contribution in [1.29, 1.82) is 0 Å². The standard InChI is InChI=1S/C21H14ClFN2O4/c22-15-11-16(23)17(25-19(28)12-4-1-2-5-13(12)20(25)29)10-14(15)21(7-3-9-24-21)8-6-18(26)27/h1-5,7,9-11H,6,8H2,(H,26,27). The molecule has 0 aliphatic carbocycles. The highest BCUT2D eigenvalue weighted by molar-refractivity contribution is 6.35. The number of carbonyl (C=O) groups is 3. The summed E-state index contributed by atoms with van der Waals surface area (Å²) >= 11 is 6.27. The molecular formula is C21H14ClFN2O4. The Morgan fingerprint density at radius 2 is 1.83 bits per heavy atom. The third-order valence-corrected chi connectivity index (χ3v) is 5.33. The number of imide groups is 1. The van der Waals surface area contributed by atoms with Crippen LogP contribution in [0.2, 0.25) is 5.02 Å². The monoisotopic (exact) mass is 412 g/mol. The third-order valence-electron chi connectivity index (χ3n) is 5.02.